The fourth-order valence-electron chi connectivity index (χ4n) is 1.80. The molecule has 0 saturated heterocycles. The van der Waals surface area contributed by atoms with Crippen LogP contribution in [0.25, 0.3) is 0 Å². The molecule has 0 atom stereocenters. The zero-order valence-corrected chi connectivity index (χ0v) is 12.4. The predicted molar refractivity (Wildman–Crippen MR) is 79.3 cm³/mol. The fraction of sp³-hybridized carbons (Fsp3) is 0.214. The van der Waals surface area contributed by atoms with E-state index < -0.39 is 0 Å². The number of hydrogen-bond donors (Lipinski definition) is 1. The molecule has 1 amide bonds. The summed E-state index contributed by atoms with van der Waals surface area (Å²) in [5, 5.41) is 10.1. The van der Waals surface area contributed by atoms with Gasteiger partial charge in [-0.05, 0) is 25.0 Å². The van der Waals surface area contributed by atoms with Crippen molar-refractivity contribution in [3.63, 3.8) is 0 Å². The highest BCUT2D eigenvalue weighted by Gasteiger charge is 2.12. The second kappa shape index (κ2) is 6.68. The smallest absolute Gasteiger partial charge is 0.254 e. The lowest BCUT2D eigenvalue weighted by Gasteiger charge is -2.07. The first-order chi connectivity index (χ1) is 9.56. The third-order valence-electron chi connectivity index (χ3n) is 2.75. The summed E-state index contributed by atoms with van der Waals surface area (Å²) < 4.78 is 0. The lowest BCUT2D eigenvalue weighted by molar-refractivity contribution is 0.0953. The number of aromatic nitrogens is 2. The molecule has 0 saturated carbocycles. The van der Waals surface area contributed by atoms with Crippen LogP contribution in [-0.4, -0.2) is 22.6 Å². The number of rotatable bonds is 4. The Balaban J connectivity index is 1.94. The summed E-state index contributed by atoms with van der Waals surface area (Å²) in [5.74, 6) is -0.306. The number of halogens is 2. The van der Waals surface area contributed by atoms with E-state index in [4.69, 9.17) is 23.2 Å². The van der Waals surface area contributed by atoms with Crippen LogP contribution in [0.4, 0.5) is 0 Å². The summed E-state index contributed by atoms with van der Waals surface area (Å²) in [5.41, 5.74) is 2.60. The maximum atomic E-state index is 12.0. The van der Waals surface area contributed by atoms with E-state index in [0.717, 1.165) is 6.42 Å². The fourth-order valence-corrected chi connectivity index (χ4v) is 2.12. The average Bonchev–Trinajstić information content (AvgIpc) is 2.41. The zero-order valence-electron chi connectivity index (χ0n) is 10.9. The average molecular weight is 310 g/mol. The van der Waals surface area contributed by atoms with Crippen LogP contribution < -0.4 is 5.32 Å². The van der Waals surface area contributed by atoms with Crippen LogP contribution in [0, 0.1) is 6.92 Å². The molecule has 0 fully saturated rings. The topological polar surface area (TPSA) is 54.9 Å². The first-order valence-electron chi connectivity index (χ1n) is 6.09. The second-order valence-electron chi connectivity index (χ2n) is 4.37. The molecule has 0 aliphatic heterocycles. The van der Waals surface area contributed by atoms with Crippen LogP contribution >= 0.6 is 23.2 Å². The van der Waals surface area contributed by atoms with E-state index in [2.05, 4.69) is 21.6 Å². The van der Waals surface area contributed by atoms with Gasteiger partial charge in [-0.25, -0.2) is 0 Å². The highest BCUT2D eigenvalue weighted by atomic mass is 35.5. The molecule has 1 N–H and O–H groups in total. The second-order valence-corrected chi connectivity index (χ2v) is 5.11. The summed E-state index contributed by atoms with van der Waals surface area (Å²) in [4.78, 5) is 12.0. The van der Waals surface area contributed by atoms with Gasteiger partial charge in [0.25, 0.3) is 5.91 Å². The van der Waals surface area contributed by atoms with Gasteiger partial charge in [0.2, 0.25) is 0 Å². The Morgan fingerprint density at radius 1 is 1.25 bits per heavy atom. The summed E-state index contributed by atoms with van der Waals surface area (Å²) in [6.45, 7) is 2.55. The number of aryl methyl sites for hydroxylation is 1. The quantitative estimate of drug-likeness (QED) is 0.944. The minimum atomic E-state index is -0.306. The molecular weight excluding hydrogens is 297 g/mol. The molecule has 104 valence electrons. The normalized spacial score (nSPS) is 10.3. The summed E-state index contributed by atoms with van der Waals surface area (Å²) in [7, 11) is 0. The number of amides is 1. The first kappa shape index (κ1) is 14.8. The van der Waals surface area contributed by atoms with Crippen LogP contribution in [0.5, 0.6) is 0 Å². The third-order valence-corrected chi connectivity index (χ3v) is 3.21. The Hall–Kier alpha value is -1.65. The highest BCUT2D eigenvalue weighted by Crippen LogP contribution is 2.15. The Labute approximate surface area is 127 Å². The number of benzene rings is 1. The summed E-state index contributed by atoms with van der Waals surface area (Å²) in [6, 6.07) is 9.54. The van der Waals surface area contributed by atoms with Crippen LogP contribution in [0.3, 0.4) is 0 Å². The monoisotopic (exact) mass is 309 g/mol. The van der Waals surface area contributed by atoms with Crippen LogP contribution in [0.1, 0.15) is 21.5 Å². The maximum absolute atomic E-state index is 12.0. The van der Waals surface area contributed by atoms with Crippen molar-refractivity contribution in [1.29, 1.82) is 0 Å². The van der Waals surface area contributed by atoms with E-state index in [1.54, 1.807) is 0 Å². The van der Waals surface area contributed by atoms with Gasteiger partial charge in [0, 0.05) is 6.54 Å². The molecule has 2 aromatic rings. The largest absolute Gasteiger partial charge is 0.352 e. The molecule has 6 heteroatoms. The van der Waals surface area contributed by atoms with Crippen molar-refractivity contribution in [1.82, 2.24) is 15.5 Å². The molecule has 4 nitrogen and oxygen atoms in total. The molecule has 1 heterocycles. The Kier molecular flexibility index (Phi) is 4.93. The van der Waals surface area contributed by atoms with Crippen molar-refractivity contribution < 1.29 is 4.79 Å². The molecule has 1 aromatic carbocycles. The minimum absolute atomic E-state index is 0.0439. The summed E-state index contributed by atoms with van der Waals surface area (Å²) in [6.07, 6.45) is 0.747. The molecule has 0 aliphatic carbocycles. The number of carbonyl (C=O) groups excluding carboxylic acids is 1. The molecule has 1 aromatic heterocycles. The van der Waals surface area contributed by atoms with Crippen LogP contribution in [0.15, 0.2) is 30.3 Å². The van der Waals surface area contributed by atoms with E-state index in [1.807, 2.05) is 25.1 Å². The maximum Gasteiger partial charge on any atom is 0.254 e. The standard InChI is InChI=1S/C14H13Cl2N3O/c1-9-3-2-4-10(7-9)5-6-17-14(20)11-8-12(15)18-19-13(11)16/h2-4,7-8H,5-6H2,1H3,(H,17,20). The Morgan fingerprint density at radius 3 is 2.80 bits per heavy atom. The van der Waals surface area contributed by atoms with Gasteiger partial charge in [0.1, 0.15) is 0 Å². The van der Waals surface area contributed by atoms with Gasteiger partial charge in [0.15, 0.2) is 10.3 Å². The third kappa shape index (κ3) is 3.92. The molecule has 0 unspecified atom stereocenters. The van der Waals surface area contributed by atoms with Crippen molar-refractivity contribution in [2.75, 3.05) is 6.54 Å². The van der Waals surface area contributed by atoms with Crippen LogP contribution in [-0.2, 0) is 6.42 Å². The lowest BCUT2D eigenvalue weighted by Crippen LogP contribution is -2.26. The number of nitrogens with zero attached hydrogens (tertiary/aromatic N) is 2. The molecule has 0 aliphatic rings. The van der Waals surface area contributed by atoms with Gasteiger partial charge in [-0.2, -0.15) is 0 Å². The van der Waals surface area contributed by atoms with E-state index in [-0.39, 0.29) is 21.8 Å². The van der Waals surface area contributed by atoms with Crippen molar-refractivity contribution in [3.8, 4) is 0 Å². The Morgan fingerprint density at radius 2 is 2.05 bits per heavy atom. The lowest BCUT2D eigenvalue weighted by atomic mass is 10.1. The molecule has 2 rings (SSSR count). The highest BCUT2D eigenvalue weighted by molar-refractivity contribution is 6.34. The van der Waals surface area contributed by atoms with E-state index in [1.165, 1.54) is 17.2 Å². The number of hydrogen-bond acceptors (Lipinski definition) is 3. The van der Waals surface area contributed by atoms with Gasteiger partial charge < -0.3 is 5.32 Å². The molecule has 0 spiro atoms. The van der Waals surface area contributed by atoms with Crippen molar-refractivity contribution in [3.05, 3.63) is 57.3 Å². The minimum Gasteiger partial charge on any atom is -0.352 e. The molecule has 0 bridgehead atoms. The van der Waals surface area contributed by atoms with E-state index in [9.17, 15) is 4.79 Å². The SMILES string of the molecule is Cc1cccc(CCNC(=O)c2cc(Cl)nnc2Cl)c1. The van der Waals surface area contributed by atoms with Gasteiger partial charge >= 0.3 is 0 Å². The van der Waals surface area contributed by atoms with Gasteiger partial charge in [-0.1, -0.05) is 53.0 Å². The molecular formula is C14H13Cl2N3O. The van der Waals surface area contributed by atoms with Crippen molar-refractivity contribution >= 4 is 29.1 Å². The Bertz CT molecular complexity index is 632. The number of nitrogens with one attached hydrogen (secondary N) is 1. The van der Waals surface area contributed by atoms with Crippen LogP contribution in [0.2, 0.25) is 10.3 Å². The van der Waals surface area contributed by atoms with Gasteiger partial charge in [-0.15, -0.1) is 10.2 Å². The van der Waals surface area contributed by atoms with Crippen molar-refractivity contribution in [2.45, 2.75) is 13.3 Å². The first-order valence-corrected chi connectivity index (χ1v) is 6.84. The summed E-state index contributed by atoms with van der Waals surface area (Å²) >= 11 is 11.5. The van der Waals surface area contributed by atoms with Gasteiger partial charge in [0.05, 0.1) is 5.56 Å². The van der Waals surface area contributed by atoms with E-state index in [0.29, 0.717) is 6.54 Å². The zero-order chi connectivity index (χ0) is 14.5. The molecule has 0 radical (unpaired) electrons. The predicted octanol–water partition coefficient (Wildman–Crippen LogP) is 3.06. The van der Waals surface area contributed by atoms with Crippen molar-refractivity contribution in [2.24, 2.45) is 0 Å². The van der Waals surface area contributed by atoms with E-state index >= 15 is 0 Å². The molecule has 20 heavy (non-hydrogen) atoms. The number of carbonyl (C=O) groups is 1. The van der Waals surface area contributed by atoms with Gasteiger partial charge in [-0.3, -0.25) is 4.79 Å².